The van der Waals surface area contributed by atoms with Crippen LogP contribution in [0.15, 0.2) is 24.4 Å². The number of hydrogen-bond donors (Lipinski definition) is 2. The minimum atomic E-state index is -0.0734. The van der Waals surface area contributed by atoms with Crippen molar-refractivity contribution in [3.05, 3.63) is 30.2 Å². The van der Waals surface area contributed by atoms with Crippen LogP contribution in [0.2, 0.25) is 0 Å². The number of fused-ring (bicyclic) bond motifs is 1. The molecule has 112 valence electrons. The smallest absolute Gasteiger partial charge is 0.315 e. The van der Waals surface area contributed by atoms with E-state index in [9.17, 15) is 4.79 Å². The summed E-state index contributed by atoms with van der Waals surface area (Å²) in [6, 6.07) is 6.07. The summed E-state index contributed by atoms with van der Waals surface area (Å²) in [7, 11) is 0. The van der Waals surface area contributed by atoms with Gasteiger partial charge in [-0.2, -0.15) is 0 Å². The van der Waals surface area contributed by atoms with Crippen LogP contribution in [0.1, 0.15) is 37.9 Å². The molecule has 2 heterocycles. The van der Waals surface area contributed by atoms with Gasteiger partial charge in [-0.15, -0.1) is 10.2 Å². The number of nitrogens with one attached hydrogen (secondary N) is 2. The van der Waals surface area contributed by atoms with Gasteiger partial charge >= 0.3 is 6.03 Å². The third-order valence-corrected chi connectivity index (χ3v) is 3.96. The molecule has 6 heteroatoms. The van der Waals surface area contributed by atoms with Crippen molar-refractivity contribution >= 4 is 11.7 Å². The lowest BCUT2D eigenvalue weighted by Gasteiger charge is -2.22. The number of rotatable bonds is 4. The Hall–Kier alpha value is -2.11. The summed E-state index contributed by atoms with van der Waals surface area (Å²) in [5, 5.41) is 14.2. The zero-order valence-corrected chi connectivity index (χ0v) is 12.1. The van der Waals surface area contributed by atoms with Gasteiger partial charge in [-0.25, -0.2) is 4.79 Å². The summed E-state index contributed by atoms with van der Waals surface area (Å²) >= 11 is 0. The van der Waals surface area contributed by atoms with E-state index in [1.54, 1.807) is 0 Å². The van der Waals surface area contributed by atoms with Crippen LogP contribution in [0.5, 0.6) is 0 Å². The molecule has 3 rings (SSSR count). The maximum atomic E-state index is 11.8. The van der Waals surface area contributed by atoms with E-state index in [4.69, 9.17) is 0 Å². The third kappa shape index (κ3) is 3.51. The highest BCUT2D eigenvalue weighted by Crippen LogP contribution is 2.17. The number of pyridine rings is 1. The molecular formula is C15H21N5O. The Kier molecular flexibility index (Phi) is 4.33. The fourth-order valence-corrected chi connectivity index (χ4v) is 2.83. The van der Waals surface area contributed by atoms with Gasteiger partial charge in [0.25, 0.3) is 0 Å². The molecule has 0 saturated heterocycles. The molecule has 1 aliphatic carbocycles. The minimum absolute atomic E-state index is 0.0734. The highest BCUT2D eigenvalue weighted by Gasteiger charge is 2.15. The number of aromatic nitrogens is 3. The number of urea groups is 1. The Bertz CT molecular complexity index is 603. The van der Waals surface area contributed by atoms with Gasteiger partial charge in [0.2, 0.25) is 0 Å². The summed E-state index contributed by atoms with van der Waals surface area (Å²) in [5.41, 5.74) is 0.833. The lowest BCUT2D eigenvalue weighted by Crippen LogP contribution is -2.43. The van der Waals surface area contributed by atoms with Crippen molar-refractivity contribution in [1.82, 2.24) is 25.2 Å². The quantitative estimate of drug-likeness (QED) is 0.902. The molecule has 2 amide bonds. The van der Waals surface area contributed by atoms with Crippen molar-refractivity contribution in [2.24, 2.45) is 0 Å². The third-order valence-electron chi connectivity index (χ3n) is 3.96. The van der Waals surface area contributed by atoms with Crippen LogP contribution in [0.25, 0.3) is 5.65 Å². The molecule has 2 N–H and O–H groups in total. The molecule has 2 aromatic heterocycles. The molecule has 1 aliphatic rings. The normalized spacial score (nSPS) is 16.0. The zero-order valence-electron chi connectivity index (χ0n) is 12.1. The Balaban J connectivity index is 1.46. The molecule has 1 saturated carbocycles. The van der Waals surface area contributed by atoms with Gasteiger partial charge in [0.1, 0.15) is 5.82 Å². The number of amides is 2. The maximum Gasteiger partial charge on any atom is 0.315 e. The van der Waals surface area contributed by atoms with Crippen LogP contribution >= 0.6 is 0 Å². The summed E-state index contributed by atoms with van der Waals surface area (Å²) in [6.45, 7) is 0.564. The summed E-state index contributed by atoms with van der Waals surface area (Å²) < 4.78 is 1.95. The molecule has 0 unspecified atom stereocenters. The first-order chi connectivity index (χ1) is 10.3. The fraction of sp³-hybridized carbons (Fsp3) is 0.533. The molecule has 0 spiro atoms. The Morgan fingerprint density at radius 1 is 1.24 bits per heavy atom. The lowest BCUT2D eigenvalue weighted by molar-refractivity contribution is 0.232. The summed E-state index contributed by atoms with van der Waals surface area (Å²) in [6.07, 6.45) is 8.54. The Morgan fingerprint density at radius 2 is 2.10 bits per heavy atom. The highest BCUT2D eigenvalue weighted by molar-refractivity contribution is 5.74. The van der Waals surface area contributed by atoms with Gasteiger partial charge in [-0.05, 0) is 25.0 Å². The SMILES string of the molecule is O=C(NCCc1nnc2ccccn12)NC1CCCCC1. The van der Waals surface area contributed by atoms with Crippen molar-refractivity contribution in [3.63, 3.8) is 0 Å². The number of hydrogen-bond acceptors (Lipinski definition) is 3. The maximum absolute atomic E-state index is 11.8. The van der Waals surface area contributed by atoms with Crippen molar-refractivity contribution in [3.8, 4) is 0 Å². The van der Waals surface area contributed by atoms with Crippen molar-refractivity contribution in [1.29, 1.82) is 0 Å². The van der Waals surface area contributed by atoms with E-state index >= 15 is 0 Å². The van der Waals surface area contributed by atoms with Gasteiger partial charge in [-0.1, -0.05) is 25.3 Å². The fourth-order valence-electron chi connectivity index (χ4n) is 2.83. The molecule has 0 aliphatic heterocycles. The predicted molar refractivity (Wildman–Crippen MR) is 80.1 cm³/mol. The monoisotopic (exact) mass is 287 g/mol. The van der Waals surface area contributed by atoms with E-state index in [0.29, 0.717) is 19.0 Å². The summed E-state index contributed by atoms with van der Waals surface area (Å²) in [4.78, 5) is 11.8. The molecule has 6 nitrogen and oxygen atoms in total. The van der Waals surface area contributed by atoms with E-state index in [-0.39, 0.29) is 6.03 Å². The predicted octanol–water partition coefficient (Wildman–Crippen LogP) is 1.90. The molecule has 0 bridgehead atoms. The highest BCUT2D eigenvalue weighted by atomic mass is 16.2. The largest absolute Gasteiger partial charge is 0.338 e. The topological polar surface area (TPSA) is 71.3 Å². The van der Waals surface area contributed by atoms with Crippen LogP contribution in [-0.2, 0) is 6.42 Å². The van der Waals surface area contributed by atoms with Gasteiger partial charge in [-0.3, -0.25) is 4.40 Å². The van der Waals surface area contributed by atoms with Gasteiger partial charge in [0, 0.05) is 25.2 Å². The van der Waals surface area contributed by atoms with Gasteiger partial charge in [0.05, 0.1) is 0 Å². The van der Waals surface area contributed by atoms with Crippen LogP contribution < -0.4 is 10.6 Å². The first kappa shape index (κ1) is 13.9. The van der Waals surface area contributed by atoms with Crippen molar-refractivity contribution < 1.29 is 4.79 Å². The van der Waals surface area contributed by atoms with Crippen molar-refractivity contribution in [2.45, 2.75) is 44.6 Å². The average molecular weight is 287 g/mol. The first-order valence-corrected chi connectivity index (χ1v) is 7.66. The molecule has 1 fully saturated rings. The Labute approximate surface area is 123 Å². The average Bonchev–Trinajstić information content (AvgIpc) is 2.92. The van der Waals surface area contributed by atoms with E-state index in [2.05, 4.69) is 20.8 Å². The molecule has 0 aromatic carbocycles. The number of nitrogens with zero attached hydrogens (tertiary/aromatic N) is 3. The summed E-state index contributed by atoms with van der Waals surface area (Å²) in [5.74, 6) is 0.864. The van der Waals surface area contributed by atoms with E-state index < -0.39 is 0 Å². The van der Waals surface area contributed by atoms with E-state index in [0.717, 1.165) is 24.3 Å². The van der Waals surface area contributed by atoms with Gasteiger partial charge < -0.3 is 10.6 Å². The van der Waals surface area contributed by atoms with Crippen LogP contribution in [0, 0.1) is 0 Å². The number of carbonyl (C=O) groups is 1. The number of carbonyl (C=O) groups excluding carboxylic acids is 1. The van der Waals surface area contributed by atoms with Crippen LogP contribution in [0.3, 0.4) is 0 Å². The zero-order chi connectivity index (χ0) is 14.5. The molecule has 21 heavy (non-hydrogen) atoms. The molecule has 0 atom stereocenters. The Morgan fingerprint density at radius 3 is 2.95 bits per heavy atom. The standard InChI is InChI=1S/C15H21N5O/c21-15(17-12-6-2-1-3-7-12)16-10-9-14-19-18-13-8-4-5-11-20(13)14/h4-5,8,11-12H,1-3,6-7,9-10H2,(H2,16,17,21). The second kappa shape index (κ2) is 6.56. The van der Waals surface area contributed by atoms with E-state index in [1.807, 2.05) is 28.8 Å². The second-order valence-corrected chi connectivity index (χ2v) is 5.53. The van der Waals surface area contributed by atoms with Crippen LogP contribution in [-0.4, -0.2) is 33.2 Å². The first-order valence-electron chi connectivity index (χ1n) is 7.66. The van der Waals surface area contributed by atoms with Crippen molar-refractivity contribution in [2.75, 3.05) is 6.54 Å². The van der Waals surface area contributed by atoms with Gasteiger partial charge in [0.15, 0.2) is 5.65 Å². The van der Waals surface area contributed by atoms with Crippen LogP contribution in [0.4, 0.5) is 4.79 Å². The van der Waals surface area contributed by atoms with E-state index in [1.165, 1.54) is 19.3 Å². The molecule has 2 aromatic rings. The minimum Gasteiger partial charge on any atom is -0.338 e. The second-order valence-electron chi connectivity index (χ2n) is 5.53. The molecular weight excluding hydrogens is 266 g/mol. The molecule has 0 radical (unpaired) electrons. The lowest BCUT2D eigenvalue weighted by atomic mass is 9.96.